The van der Waals surface area contributed by atoms with Gasteiger partial charge in [-0.2, -0.15) is 0 Å². The molecule has 0 bridgehead atoms. The normalized spacial score (nSPS) is 7.55. The van der Waals surface area contributed by atoms with Gasteiger partial charge in [0, 0.05) is 6.54 Å². The van der Waals surface area contributed by atoms with Gasteiger partial charge in [0.05, 0.1) is 0 Å². The monoisotopic (exact) mass is 147 g/mol. The number of nitrogens with one attached hydrogen (secondary N) is 1. The number of hydrogen-bond acceptors (Lipinski definition) is 1. The molecule has 0 amide bonds. The minimum Gasteiger partial charge on any atom is -0.290 e. The Bertz CT molecular complexity index is 199. The third-order valence-electron chi connectivity index (χ3n) is 1.04. The van der Waals surface area contributed by atoms with Crippen molar-refractivity contribution in [3.8, 4) is 23.7 Å². The lowest BCUT2D eigenvalue weighted by Gasteiger charge is -2.01. The topological polar surface area (TPSA) is 12.0 Å². The second kappa shape index (κ2) is 6.93. The summed E-state index contributed by atoms with van der Waals surface area (Å²) in [5.41, 5.74) is 0. The van der Waals surface area contributed by atoms with E-state index in [4.69, 9.17) is 0 Å². The second-order valence-electron chi connectivity index (χ2n) is 1.92. The Balaban J connectivity index is 3.92. The zero-order valence-corrected chi connectivity index (χ0v) is 7.07. The standard InChI is InChI=1S/C10H13N/c1-4-7-10(8-5-2)11-9-6-3/h6,10-11H,3,9H2,1-2H3. The van der Waals surface area contributed by atoms with E-state index in [-0.39, 0.29) is 6.04 Å². The highest BCUT2D eigenvalue weighted by Gasteiger charge is 1.93. The van der Waals surface area contributed by atoms with Crippen LogP contribution in [-0.2, 0) is 0 Å². The summed E-state index contributed by atoms with van der Waals surface area (Å²) in [5.74, 6) is 11.5. The van der Waals surface area contributed by atoms with Crippen LogP contribution in [0.15, 0.2) is 12.7 Å². The summed E-state index contributed by atoms with van der Waals surface area (Å²) in [6.45, 7) is 7.95. The van der Waals surface area contributed by atoms with Crippen molar-refractivity contribution >= 4 is 0 Å². The van der Waals surface area contributed by atoms with Crippen LogP contribution in [0.4, 0.5) is 0 Å². The van der Waals surface area contributed by atoms with Gasteiger partial charge in [-0.05, 0) is 13.8 Å². The molecule has 1 N–H and O–H groups in total. The van der Waals surface area contributed by atoms with Crippen LogP contribution in [0.3, 0.4) is 0 Å². The molecule has 0 rings (SSSR count). The minimum atomic E-state index is -0.0111. The van der Waals surface area contributed by atoms with Crippen molar-refractivity contribution in [3.63, 3.8) is 0 Å². The Labute approximate surface area is 68.9 Å². The molecule has 0 saturated heterocycles. The van der Waals surface area contributed by atoms with Gasteiger partial charge < -0.3 is 0 Å². The maximum Gasteiger partial charge on any atom is 0.131 e. The molecule has 11 heavy (non-hydrogen) atoms. The molecule has 0 aromatic rings. The van der Waals surface area contributed by atoms with Gasteiger partial charge in [0.25, 0.3) is 0 Å². The summed E-state index contributed by atoms with van der Waals surface area (Å²) in [5, 5.41) is 3.11. The van der Waals surface area contributed by atoms with Crippen LogP contribution in [0.5, 0.6) is 0 Å². The number of rotatable bonds is 3. The molecule has 0 fully saturated rings. The summed E-state index contributed by atoms with van der Waals surface area (Å²) in [6, 6.07) is -0.0111. The lowest BCUT2D eigenvalue weighted by Crippen LogP contribution is -2.25. The lowest BCUT2D eigenvalue weighted by atomic mass is 10.3. The molecular formula is C10H13N. The Hall–Kier alpha value is -1.18. The molecule has 0 aromatic carbocycles. The Morgan fingerprint density at radius 3 is 2.27 bits per heavy atom. The molecule has 0 radical (unpaired) electrons. The molecule has 58 valence electrons. The predicted octanol–water partition coefficient (Wildman–Crippen LogP) is 1.18. The fraction of sp³-hybridized carbons (Fsp3) is 0.400. The van der Waals surface area contributed by atoms with Crippen LogP contribution < -0.4 is 5.32 Å². The summed E-state index contributed by atoms with van der Waals surface area (Å²) >= 11 is 0. The minimum absolute atomic E-state index is 0.0111. The summed E-state index contributed by atoms with van der Waals surface area (Å²) < 4.78 is 0. The lowest BCUT2D eigenvalue weighted by molar-refractivity contribution is 0.771. The van der Waals surface area contributed by atoms with Gasteiger partial charge in [-0.15, -0.1) is 18.4 Å². The van der Waals surface area contributed by atoms with Crippen LogP contribution in [0, 0.1) is 23.7 Å². The molecule has 0 unspecified atom stereocenters. The fourth-order valence-electron chi connectivity index (χ4n) is 0.628. The molecule has 0 aliphatic heterocycles. The third-order valence-corrected chi connectivity index (χ3v) is 1.04. The van der Waals surface area contributed by atoms with Crippen molar-refractivity contribution in [3.05, 3.63) is 12.7 Å². The first-order chi connectivity index (χ1) is 5.35. The van der Waals surface area contributed by atoms with E-state index < -0.39 is 0 Å². The Morgan fingerprint density at radius 1 is 1.36 bits per heavy atom. The molecule has 1 nitrogen and oxygen atoms in total. The van der Waals surface area contributed by atoms with Crippen LogP contribution in [0.2, 0.25) is 0 Å². The molecule has 0 atom stereocenters. The van der Waals surface area contributed by atoms with Crippen molar-refractivity contribution in [2.75, 3.05) is 6.54 Å². The third kappa shape index (κ3) is 5.27. The summed E-state index contributed by atoms with van der Waals surface area (Å²) in [4.78, 5) is 0. The van der Waals surface area contributed by atoms with Crippen molar-refractivity contribution < 1.29 is 0 Å². The first-order valence-electron chi connectivity index (χ1n) is 3.54. The largest absolute Gasteiger partial charge is 0.290 e. The average Bonchev–Trinajstić information content (AvgIpc) is 2.01. The Kier molecular flexibility index (Phi) is 6.19. The average molecular weight is 147 g/mol. The van der Waals surface area contributed by atoms with E-state index in [0.29, 0.717) is 0 Å². The quantitative estimate of drug-likeness (QED) is 0.467. The van der Waals surface area contributed by atoms with E-state index >= 15 is 0 Å². The summed E-state index contributed by atoms with van der Waals surface area (Å²) in [6.07, 6.45) is 1.79. The first-order valence-corrected chi connectivity index (χ1v) is 3.54. The van der Waals surface area contributed by atoms with Gasteiger partial charge in [0.2, 0.25) is 0 Å². The van der Waals surface area contributed by atoms with Crippen LogP contribution in [-0.4, -0.2) is 12.6 Å². The predicted molar refractivity (Wildman–Crippen MR) is 48.9 cm³/mol. The zero-order chi connectivity index (χ0) is 8.53. The molecule has 1 heteroatoms. The number of hydrogen-bond donors (Lipinski definition) is 1. The maximum absolute atomic E-state index is 3.59. The highest BCUT2D eigenvalue weighted by Crippen LogP contribution is 1.77. The second-order valence-corrected chi connectivity index (χ2v) is 1.92. The van der Waals surface area contributed by atoms with Crippen LogP contribution in [0.1, 0.15) is 13.8 Å². The maximum atomic E-state index is 3.59. The molecule has 0 spiro atoms. The van der Waals surface area contributed by atoms with Gasteiger partial charge >= 0.3 is 0 Å². The van der Waals surface area contributed by atoms with Crippen molar-refractivity contribution in [2.24, 2.45) is 0 Å². The van der Waals surface area contributed by atoms with Gasteiger partial charge in [-0.25, -0.2) is 0 Å². The molecular weight excluding hydrogens is 134 g/mol. The van der Waals surface area contributed by atoms with E-state index in [1.807, 2.05) is 0 Å². The van der Waals surface area contributed by atoms with Gasteiger partial charge in [0.15, 0.2) is 0 Å². The van der Waals surface area contributed by atoms with Gasteiger partial charge in [0.1, 0.15) is 6.04 Å². The molecule has 0 aromatic heterocycles. The van der Waals surface area contributed by atoms with E-state index in [1.165, 1.54) is 0 Å². The molecule has 0 aliphatic carbocycles. The van der Waals surface area contributed by atoms with Crippen molar-refractivity contribution in [2.45, 2.75) is 19.9 Å². The smallest absolute Gasteiger partial charge is 0.131 e. The summed E-state index contributed by atoms with van der Waals surface area (Å²) in [7, 11) is 0. The van der Waals surface area contributed by atoms with Gasteiger partial charge in [-0.3, -0.25) is 5.32 Å². The van der Waals surface area contributed by atoms with E-state index in [2.05, 4.69) is 35.6 Å². The van der Waals surface area contributed by atoms with Crippen LogP contribution in [0.25, 0.3) is 0 Å². The first kappa shape index (κ1) is 9.82. The highest BCUT2D eigenvalue weighted by atomic mass is 14.9. The van der Waals surface area contributed by atoms with Crippen molar-refractivity contribution in [1.29, 1.82) is 0 Å². The van der Waals surface area contributed by atoms with E-state index in [9.17, 15) is 0 Å². The molecule has 0 heterocycles. The van der Waals surface area contributed by atoms with E-state index in [0.717, 1.165) is 6.54 Å². The molecule has 0 aliphatic rings. The molecule has 0 saturated carbocycles. The van der Waals surface area contributed by atoms with Crippen molar-refractivity contribution in [1.82, 2.24) is 5.32 Å². The van der Waals surface area contributed by atoms with E-state index in [1.54, 1.807) is 19.9 Å². The van der Waals surface area contributed by atoms with Gasteiger partial charge in [-0.1, -0.05) is 17.9 Å². The van der Waals surface area contributed by atoms with Crippen LogP contribution >= 0.6 is 0 Å². The Morgan fingerprint density at radius 2 is 1.91 bits per heavy atom. The zero-order valence-electron chi connectivity index (χ0n) is 7.07. The SMILES string of the molecule is C=CCNC(C#CC)C#CC. The fourth-order valence-corrected chi connectivity index (χ4v) is 0.628. The highest BCUT2D eigenvalue weighted by molar-refractivity contribution is 5.21.